The second kappa shape index (κ2) is 8.02. The zero-order valence-electron chi connectivity index (χ0n) is 17.5. The Bertz CT molecular complexity index is 1120. The quantitative estimate of drug-likeness (QED) is 0.720. The number of rotatable bonds is 5. The van der Waals surface area contributed by atoms with Crippen LogP contribution in [0.1, 0.15) is 45.4 Å². The number of carbonyl (C=O) groups is 3. The lowest BCUT2D eigenvalue weighted by atomic mass is 10.0. The molecule has 2 N–H and O–H groups in total. The van der Waals surface area contributed by atoms with Gasteiger partial charge in [0.05, 0.1) is 5.56 Å². The summed E-state index contributed by atoms with van der Waals surface area (Å²) >= 11 is 0. The first-order chi connectivity index (χ1) is 14.8. The molecule has 1 aliphatic carbocycles. The molecule has 2 heterocycles. The highest BCUT2D eigenvalue weighted by Crippen LogP contribution is 2.33. The van der Waals surface area contributed by atoms with Crippen molar-refractivity contribution in [2.75, 3.05) is 26.2 Å². The summed E-state index contributed by atoms with van der Waals surface area (Å²) in [4.78, 5) is 43.0. The van der Waals surface area contributed by atoms with Crippen LogP contribution >= 0.6 is 0 Å². The van der Waals surface area contributed by atoms with Gasteiger partial charge in [0.25, 0.3) is 5.91 Å². The Kier molecular flexibility index (Phi) is 5.39. The second-order valence-corrected chi connectivity index (χ2v) is 7.88. The smallest absolute Gasteiger partial charge is 0.407 e. The van der Waals surface area contributed by atoms with E-state index < -0.39 is 11.9 Å². The SMILES string of the molecule is CCN(CCN1CCc2[nH]c(/C=C3\C(=O)Cc4ccc(F)cc43)c(C)c2C1=O)C(=O)O. The van der Waals surface area contributed by atoms with Gasteiger partial charge in [0.2, 0.25) is 0 Å². The van der Waals surface area contributed by atoms with E-state index in [0.717, 1.165) is 16.8 Å². The summed E-state index contributed by atoms with van der Waals surface area (Å²) in [5.41, 5.74) is 4.62. The third kappa shape index (κ3) is 3.73. The maximum atomic E-state index is 13.7. The molecular formula is C23H24FN3O4. The fourth-order valence-electron chi connectivity index (χ4n) is 4.33. The molecule has 31 heavy (non-hydrogen) atoms. The molecule has 0 radical (unpaired) electrons. The molecule has 0 saturated carbocycles. The fourth-order valence-corrected chi connectivity index (χ4v) is 4.33. The molecule has 4 rings (SSSR count). The van der Waals surface area contributed by atoms with Gasteiger partial charge in [-0.05, 0) is 48.7 Å². The lowest BCUT2D eigenvalue weighted by Gasteiger charge is -2.29. The fraction of sp³-hybridized carbons (Fsp3) is 0.348. The average Bonchev–Trinajstić information content (AvgIpc) is 3.21. The number of hydrogen-bond acceptors (Lipinski definition) is 3. The van der Waals surface area contributed by atoms with Gasteiger partial charge in [0.1, 0.15) is 5.82 Å². The van der Waals surface area contributed by atoms with E-state index in [9.17, 15) is 23.9 Å². The van der Waals surface area contributed by atoms with Gasteiger partial charge in [-0.15, -0.1) is 0 Å². The minimum Gasteiger partial charge on any atom is -0.465 e. The number of aromatic nitrogens is 1. The molecule has 0 atom stereocenters. The van der Waals surface area contributed by atoms with E-state index in [-0.39, 0.29) is 24.7 Å². The number of nitrogens with zero attached hydrogens (tertiary/aromatic N) is 2. The molecule has 162 valence electrons. The number of likely N-dealkylation sites (N-methyl/N-ethyl adjacent to an activating group) is 1. The number of allylic oxidation sites excluding steroid dienone is 1. The molecule has 2 amide bonds. The molecule has 0 bridgehead atoms. The number of carbonyl (C=O) groups excluding carboxylic acids is 2. The van der Waals surface area contributed by atoms with Crippen LogP contribution in [0.25, 0.3) is 11.6 Å². The van der Waals surface area contributed by atoms with Crippen molar-refractivity contribution >= 4 is 29.4 Å². The van der Waals surface area contributed by atoms with Crippen molar-refractivity contribution in [2.45, 2.75) is 26.7 Å². The molecule has 8 heteroatoms. The van der Waals surface area contributed by atoms with Crippen LogP contribution in [0.3, 0.4) is 0 Å². The molecule has 1 aromatic carbocycles. The van der Waals surface area contributed by atoms with Gasteiger partial charge in [-0.25, -0.2) is 9.18 Å². The minimum absolute atomic E-state index is 0.0751. The van der Waals surface area contributed by atoms with E-state index in [1.807, 2.05) is 6.92 Å². The summed E-state index contributed by atoms with van der Waals surface area (Å²) in [5.74, 6) is -0.616. The van der Waals surface area contributed by atoms with E-state index in [4.69, 9.17) is 0 Å². The molecule has 0 spiro atoms. The standard InChI is InChI=1S/C23H24FN3O4/c1-3-26(23(30)31)8-9-27-7-6-18-21(22(27)29)13(2)19(25-18)12-17-16-11-15(24)5-4-14(16)10-20(17)28/h4-5,11-12,25H,3,6-10H2,1-2H3,(H,30,31)/b17-12-. The number of fused-ring (bicyclic) bond motifs is 2. The number of hydrogen-bond donors (Lipinski definition) is 2. The minimum atomic E-state index is -1.00. The Hall–Kier alpha value is -3.42. The number of H-pyrrole nitrogens is 1. The van der Waals surface area contributed by atoms with Crippen LogP contribution in [0.4, 0.5) is 9.18 Å². The highest BCUT2D eigenvalue weighted by atomic mass is 19.1. The van der Waals surface area contributed by atoms with Crippen LogP contribution < -0.4 is 0 Å². The Morgan fingerprint density at radius 1 is 1.35 bits per heavy atom. The number of nitrogens with one attached hydrogen (secondary N) is 1. The van der Waals surface area contributed by atoms with E-state index in [1.165, 1.54) is 17.0 Å². The number of halogens is 1. The molecule has 0 unspecified atom stereocenters. The summed E-state index contributed by atoms with van der Waals surface area (Å²) in [6.07, 6.45) is 1.56. The first-order valence-electron chi connectivity index (χ1n) is 10.3. The lowest BCUT2D eigenvalue weighted by molar-refractivity contribution is -0.112. The normalized spacial score (nSPS) is 16.6. The monoisotopic (exact) mass is 425 g/mol. The van der Waals surface area contributed by atoms with Crippen molar-refractivity contribution < 1.29 is 23.9 Å². The number of Topliss-reactive ketones (excluding diaryl/α,β-unsaturated/α-hetero) is 1. The van der Waals surface area contributed by atoms with Crippen LogP contribution in [0.5, 0.6) is 0 Å². The predicted octanol–water partition coefficient (Wildman–Crippen LogP) is 3.13. The third-order valence-electron chi connectivity index (χ3n) is 6.09. The maximum Gasteiger partial charge on any atom is 0.407 e. The van der Waals surface area contributed by atoms with Crippen LogP contribution in [-0.4, -0.2) is 63.9 Å². The van der Waals surface area contributed by atoms with Gasteiger partial charge in [-0.2, -0.15) is 0 Å². The van der Waals surface area contributed by atoms with Crippen LogP contribution in [0, 0.1) is 12.7 Å². The predicted molar refractivity (Wildman–Crippen MR) is 113 cm³/mol. The van der Waals surface area contributed by atoms with E-state index in [1.54, 1.807) is 24.0 Å². The van der Waals surface area contributed by atoms with Crippen LogP contribution in [-0.2, 0) is 17.6 Å². The third-order valence-corrected chi connectivity index (χ3v) is 6.09. The lowest BCUT2D eigenvalue weighted by Crippen LogP contribution is -2.43. The molecule has 1 aromatic heterocycles. The van der Waals surface area contributed by atoms with Crippen LogP contribution in [0.2, 0.25) is 0 Å². The van der Waals surface area contributed by atoms with Gasteiger partial charge in [0.15, 0.2) is 5.78 Å². The Balaban J connectivity index is 1.61. The highest BCUT2D eigenvalue weighted by molar-refractivity contribution is 6.29. The molecule has 2 aromatic rings. The maximum absolute atomic E-state index is 13.7. The Morgan fingerprint density at radius 2 is 2.13 bits per heavy atom. The van der Waals surface area contributed by atoms with E-state index in [0.29, 0.717) is 48.4 Å². The zero-order valence-corrected chi connectivity index (χ0v) is 17.5. The van der Waals surface area contributed by atoms with Crippen molar-refractivity contribution in [1.29, 1.82) is 0 Å². The average molecular weight is 425 g/mol. The van der Waals surface area contributed by atoms with Gasteiger partial charge in [0, 0.05) is 56.0 Å². The summed E-state index contributed by atoms with van der Waals surface area (Å²) in [6, 6.07) is 4.36. The molecule has 0 saturated heterocycles. The molecule has 2 aliphatic rings. The van der Waals surface area contributed by atoms with Gasteiger partial charge >= 0.3 is 6.09 Å². The Labute approximate surface area is 179 Å². The van der Waals surface area contributed by atoms with E-state index in [2.05, 4.69) is 4.98 Å². The van der Waals surface area contributed by atoms with Crippen molar-refractivity contribution in [2.24, 2.45) is 0 Å². The molecule has 7 nitrogen and oxygen atoms in total. The van der Waals surface area contributed by atoms with Crippen molar-refractivity contribution in [3.63, 3.8) is 0 Å². The number of ketones is 1. The molecule has 0 fully saturated rings. The van der Waals surface area contributed by atoms with Gasteiger partial charge < -0.3 is 19.9 Å². The topological polar surface area (TPSA) is 93.7 Å². The zero-order chi connectivity index (χ0) is 22.3. The van der Waals surface area contributed by atoms with Crippen molar-refractivity contribution in [1.82, 2.24) is 14.8 Å². The second-order valence-electron chi connectivity index (χ2n) is 7.88. The largest absolute Gasteiger partial charge is 0.465 e. The van der Waals surface area contributed by atoms with Crippen molar-refractivity contribution in [3.8, 4) is 0 Å². The first kappa shape index (κ1) is 20.8. The Morgan fingerprint density at radius 3 is 2.84 bits per heavy atom. The molecular weight excluding hydrogens is 401 g/mol. The highest BCUT2D eigenvalue weighted by Gasteiger charge is 2.31. The summed E-state index contributed by atoms with van der Waals surface area (Å²) in [7, 11) is 0. The number of carboxylic acid groups (broad SMARTS) is 1. The summed E-state index contributed by atoms with van der Waals surface area (Å²) in [6.45, 7) is 5.01. The number of amides is 2. The first-order valence-corrected chi connectivity index (χ1v) is 10.3. The van der Waals surface area contributed by atoms with Gasteiger partial charge in [-0.1, -0.05) is 6.07 Å². The van der Waals surface area contributed by atoms with Gasteiger partial charge in [-0.3, -0.25) is 9.59 Å². The number of benzene rings is 1. The van der Waals surface area contributed by atoms with Crippen LogP contribution in [0.15, 0.2) is 18.2 Å². The molecule has 1 aliphatic heterocycles. The van der Waals surface area contributed by atoms with Crippen molar-refractivity contribution in [3.05, 3.63) is 57.7 Å². The summed E-state index contributed by atoms with van der Waals surface area (Å²) < 4.78 is 13.7. The van der Waals surface area contributed by atoms with E-state index >= 15 is 0 Å². The summed E-state index contributed by atoms with van der Waals surface area (Å²) in [5, 5.41) is 9.18. The number of aromatic amines is 1.